The lowest BCUT2D eigenvalue weighted by Gasteiger charge is -2.28. The molecule has 2 N–H and O–H groups in total. The molecule has 176 valence electrons. The molecule has 2 aliphatic carbocycles. The molecule has 2 aliphatic rings. The van der Waals surface area contributed by atoms with Crippen molar-refractivity contribution in [1.29, 1.82) is 0 Å². The lowest BCUT2D eigenvalue weighted by atomic mass is 9.84. The number of ether oxygens (including phenoxy) is 1. The standard InChI is InChI=1S/C23H27N3O6S/c1-15(20-13-16-6-7-17(20)12-16)25-33(30,31)19-10-8-18(9-11-19)24-23(27)14-32-22-5-3-2-4-21(22)26(28)29/h2-5,8-11,15-17,20,25H,6-7,12-14H2,1H3,(H,24,27). The predicted octanol–water partition coefficient (Wildman–Crippen LogP) is 3.72. The summed E-state index contributed by atoms with van der Waals surface area (Å²) in [5.74, 6) is 1.22. The molecule has 2 saturated carbocycles. The van der Waals surface area contributed by atoms with Crippen LogP contribution in [-0.4, -0.2) is 31.9 Å². The molecule has 4 rings (SSSR count). The molecule has 0 saturated heterocycles. The molecule has 2 fully saturated rings. The Morgan fingerprint density at radius 2 is 1.88 bits per heavy atom. The molecular formula is C23H27N3O6S. The topological polar surface area (TPSA) is 128 Å². The van der Waals surface area contributed by atoms with Gasteiger partial charge in [0.1, 0.15) is 0 Å². The van der Waals surface area contributed by atoms with E-state index in [2.05, 4.69) is 10.0 Å². The first kappa shape index (κ1) is 23.2. The molecule has 2 aromatic rings. The second kappa shape index (κ2) is 9.48. The normalized spacial score (nSPS) is 22.6. The Bertz CT molecular complexity index is 1140. The van der Waals surface area contributed by atoms with E-state index in [1.54, 1.807) is 6.07 Å². The van der Waals surface area contributed by atoms with Gasteiger partial charge in [-0.3, -0.25) is 14.9 Å². The van der Waals surface area contributed by atoms with Crippen LogP contribution in [0.4, 0.5) is 11.4 Å². The number of para-hydroxylation sites is 2. The Balaban J connectivity index is 1.32. The van der Waals surface area contributed by atoms with Gasteiger partial charge in [0, 0.05) is 17.8 Å². The van der Waals surface area contributed by atoms with E-state index in [4.69, 9.17) is 4.74 Å². The molecule has 10 heteroatoms. The Kier molecular flexibility index (Phi) is 6.66. The lowest BCUT2D eigenvalue weighted by Crippen LogP contribution is -2.40. The van der Waals surface area contributed by atoms with Crippen molar-refractivity contribution in [2.75, 3.05) is 11.9 Å². The van der Waals surface area contributed by atoms with E-state index in [0.29, 0.717) is 17.5 Å². The van der Waals surface area contributed by atoms with Gasteiger partial charge in [-0.2, -0.15) is 0 Å². The third-order valence-electron chi connectivity index (χ3n) is 6.65. The van der Waals surface area contributed by atoms with Gasteiger partial charge in [0.15, 0.2) is 12.4 Å². The van der Waals surface area contributed by atoms with E-state index in [1.807, 2.05) is 6.92 Å². The van der Waals surface area contributed by atoms with Crippen LogP contribution in [0.2, 0.25) is 0 Å². The largest absolute Gasteiger partial charge is 0.477 e. The van der Waals surface area contributed by atoms with Crippen LogP contribution in [0.5, 0.6) is 5.75 Å². The number of nitrogens with one attached hydrogen (secondary N) is 2. The van der Waals surface area contributed by atoms with Crippen molar-refractivity contribution >= 4 is 27.3 Å². The van der Waals surface area contributed by atoms with Crippen molar-refractivity contribution in [3.8, 4) is 5.75 Å². The number of nitro benzene ring substituents is 1. The van der Waals surface area contributed by atoms with Crippen molar-refractivity contribution in [2.24, 2.45) is 17.8 Å². The van der Waals surface area contributed by atoms with Gasteiger partial charge < -0.3 is 10.1 Å². The lowest BCUT2D eigenvalue weighted by molar-refractivity contribution is -0.385. The fourth-order valence-electron chi connectivity index (χ4n) is 5.09. The zero-order valence-electron chi connectivity index (χ0n) is 18.3. The van der Waals surface area contributed by atoms with Crippen LogP contribution in [-0.2, 0) is 14.8 Å². The van der Waals surface area contributed by atoms with Gasteiger partial charge in [-0.05, 0) is 74.3 Å². The SMILES string of the molecule is CC(NS(=O)(=O)c1ccc(NC(=O)COc2ccccc2[N+](=O)[O-])cc1)C1CC2CCC1C2. The van der Waals surface area contributed by atoms with Crippen molar-refractivity contribution in [3.63, 3.8) is 0 Å². The highest BCUT2D eigenvalue weighted by atomic mass is 32.2. The maximum absolute atomic E-state index is 12.8. The van der Waals surface area contributed by atoms with Crippen LogP contribution >= 0.6 is 0 Å². The highest BCUT2D eigenvalue weighted by molar-refractivity contribution is 7.89. The molecule has 0 radical (unpaired) electrons. The minimum atomic E-state index is -3.67. The highest BCUT2D eigenvalue weighted by Gasteiger charge is 2.42. The maximum atomic E-state index is 12.8. The van der Waals surface area contributed by atoms with E-state index < -0.39 is 27.5 Å². The molecule has 0 spiro atoms. The third kappa shape index (κ3) is 5.33. The monoisotopic (exact) mass is 473 g/mol. The second-order valence-corrected chi connectivity index (χ2v) is 10.5. The zero-order chi connectivity index (χ0) is 23.6. The number of nitro groups is 1. The van der Waals surface area contributed by atoms with Gasteiger partial charge in [0.2, 0.25) is 10.0 Å². The summed E-state index contributed by atoms with van der Waals surface area (Å²) in [7, 11) is -3.67. The van der Waals surface area contributed by atoms with Gasteiger partial charge in [0.05, 0.1) is 9.82 Å². The molecule has 0 aromatic heterocycles. The van der Waals surface area contributed by atoms with Crippen molar-refractivity contribution < 1.29 is 22.9 Å². The number of hydrogen-bond acceptors (Lipinski definition) is 6. The third-order valence-corrected chi connectivity index (χ3v) is 8.22. The molecule has 0 aliphatic heterocycles. The van der Waals surface area contributed by atoms with Gasteiger partial charge in [-0.1, -0.05) is 18.6 Å². The Hall–Kier alpha value is -2.98. The molecule has 2 aromatic carbocycles. The fraction of sp³-hybridized carbons (Fsp3) is 0.435. The second-order valence-electron chi connectivity index (χ2n) is 8.83. The smallest absolute Gasteiger partial charge is 0.310 e. The number of benzene rings is 2. The molecule has 2 bridgehead atoms. The van der Waals surface area contributed by atoms with Crippen LogP contribution in [0.15, 0.2) is 53.4 Å². The van der Waals surface area contributed by atoms with Crippen LogP contribution in [0, 0.1) is 27.9 Å². The molecule has 9 nitrogen and oxygen atoms in total. The minimum absolute atomic E-state index is 0.00484. The van der Waals surface area contributed by atoms with E-state index >= 15 is 0 Å². The van der Waals surface area contributed by atoms with Crippen LogP contribution in [0.3, 0.4) is 0 Å². The number of rotatable bonds is 9. The number of anilines is 1. The van der Waals surface area contributed by atoms with Crippen LogP contribution in [0.25, 0.3) is 0 Å². The van der Waals surface area contributed by atoms with E-state index in [0.717, 1.165) is 12.3 Å². The zero-order valence-corrected chi connectivity index (χ0v) is 19.1. The fourth-order valence-corrected chi connectivity index (χ4v) is 6.39. The minimum Gasteiger partial charge on any atom is -0.477 e. The quantitative estimate of drug-likeness (QED) is 0.422. The number of hydrogen-bond donors (Lipinski definition) is 2. The number of carbonyl (C=O) groups is 1. The van der Waals surface area contributed by atoms with E-state index in [1.165, 1.54) is 61.7 Å². The number of carbonyl (C=O) groups excluding carboxylic acids is 1. The summed E-state index contributed by atoms with van der Waals surface area (Å²) in [5, 5.41) is 13.6. The molecule has 4 atom stereocenters. The Morgan fingerprint density at radius 1 is 1.15 bits per heavy atom. The maximum Gasteiger partial charge on any atom is 0.310 e. The van der Waals surface area contributed by atoms with Crippen LogP contribution in [0.1, 0.15) is 32.6 Å². The van der Waals surface area contributed by atoms with Gasteiger partial charge in [-0.15, -0.1) is 0 Å². The molecule has 33 heavy (non-hydrogen) atoms. The Morgan fingerprint density at radius 3 is 2.52 bits per heavy atom. The molecular weight excluding hydrogens is 446 g/mol. The van der Waals surface area contributed by atoms with Crippen molar-refractivity contribution in [2.45, 2.75) is 43.5 Å². The first-order valence-electron chi connectivity index (χ1n) is 11.0. The summed E-state index contributed by atoms with van der Waals surface area (Å²) in [4.78, 5) is 22.7. The average molecular weight is 474 g/mol. The van der Waals surface area contributed by atoms with Gasteiger partial charge in [-0.25, -0.2) is 13.1 Å². The summed E-state index contributed by atoms with van der Waals surface area (Å²) in [6, 6.07) is 11.5. The van der Waals surface area contributed by atoms with Crippen molar-refractivity contribution in [3.05, 3.63) is 58.6 Å². The van der Waals surface area contributed by atoms with Crippen molar-refractivity contribution in [1.82, 2.24) is 4.72 Å². The number of sulfonamides is 1. The highest BCUT2D eigenvalue weighted by Crippen LogP contribution is 2.49. The summed E-state index contributed by atoms with van der Waals surface area (Å²) >= 11 is 0. The molecule has 0 heterocycles. The summed E-state index contributed by atoms with van der Waals surface area (Å²) < 4.78 is 33.7. The van der Waals surface area contributed by atoms with Gasteiger partial charge in [0.25, 0.3) is 5.91 Å². The average Bonchev–Trinajstić information content (AvgIpc) is 3.42. The first-order chi connectivity index (χ1) is 15.7. The summed E-state index contributed by atoms with van der Waals surface area (Å²) in [5.41, 5.74) is 0.165. The van der Waals surface area contributed by atoms with E-state index in [-0.39, 0.29) is 22.4 Å². The molecule has 4 unspecified atom stereocenters. The summed E-state index contributed by atoms with van der Waals surface area (Å²) in [6.45, 7) is 1.52. The predicted molar refractivity (Wildman–Crippen MR) is 122 cm³/mol. The Labute approximate surface area is 192 Å². The summed E-state index contributed by atoms with van der Waals surface area (Å²) in [6.07, 6.45) is 4.76. The van der Waals surface area contributed by atoms with Gasteiger partial charge >= 0.3 is 5.69 Å². The molecule has 1 amide bonds. The first-order valence-corrected chi connectivity index (χ1v) is 12.5. The number of amides is 1. The number of nitrogens with zero attached hydrogens (tertiary/aromatic N) is 1. The van der Waals surface area contributed by atoms with E-state index in [9.17, 15) is 23.3 Å². The number of fused-ring (bicyclic) bond motifs is 2. The van der Waals surface area contributed by atoms with Crippen LogP contribution < -0.4 is 14.8 Å².